The number of nitrogens with zero attached hydrogens (tertiary/aromatic N) is 3. The molecule has 1 aromatic carbocycles. The molecule has 0 unspecified atom stereocenters. The van der Waals surface area contributed by atoms with Gasteiger partial charge in [-0.1, -0.05) is 30.0 Å². The quantitative estimate of drug-likeness (QED) is 0.750. The first-order chi connectivity index (χ1) is 11.2. The van der Waals surface area contributed by atoms with Crippen molar-refractivity contribution in [3.8, 4) is 6.07 Å². The number of rotatable bonds is 4. The van der Waals surface area contributed by atoms with Gasteiger partial charge < -0.3 is 5.32 Å². The van der Waals surface area contributed by atoms with Gasteiger partial charge in [-0.3, -0.25) is 9.20 Å². The molecule has 0 aliphatic carbocycles. The maximum Gasteiger partial charge on any atom is 0.272 e. The third kappa shape index (κ3) is 3.05. The van der Waals surface area contributed by atoms with Gasteiger partial charge in [-0.25, -0.2) is 4.98 Å². The summed E-state index contributed by atoms with van der Waals surface area (Å²) in [4.78, 5) is 16.9. The Morgan fingerprint density at radius 2 is 2.09 bits per heavy atom. The summed E-state index contributed by atoms with van der Waals surface area (Å²) in [6.45, 7) is 0.394. The maximum absolute atomic E-state index is 12.4. The van der Waals surface area contributed by atoms with Crippen molar-refractivity contribution in [3.05, 3.63) is 65.5 Å². The number of aromatic nitrogens is 2. The Hall–Kier alpha value is -2.78. The molecule has 0 spiro atoms. The predicted molar refractivity (Wildman–Crippen MR) is 89.3 cm³/mol. The number of fused-ring (bicyclic) bond motifs is 1. The Kier molecular flexibility index (Phi) is 4.31. The summed E-state index contributed by atoms with van der Waals surface area (Å²) in [5.74, 6) is -0.210. The Balaban J connectivity index is 1.79. The van der Waals surface area contributed by atoms with Crippen LogP contribution in [0.25, 0.3) is 5.52 Å². The van der Waals surface area contributed by atoms with Crippen molar-refractivity contribution in [2.45, 2.75) is 11.7 Å². The number of nitriles is 1. The van der Waals surface area contributed by atoms with Crippen molar-refractivity contribution < 1.29 is 4.79 Å². The third-order valence-electron chi connectivity index (χ3n) is 3.45. The van der Waals surface area contributed by atoms with Crippen molar-refractivity contribution in [3.63, 3.8) is 0 Å². The fraction of sp³-hybridized carbons (Fsp3) is 0.118. The van der Waals surface area contributed by atoms with E-state index in [0.29, 0.717) is 17.8 Å². The minimum atomic E-state index is -0.210. The maximum atomic E-state index is 12.4. The first-order valence-corrected chi connectivity index (χ1v) is 8.23. The smallest absolute Gasteiger partial charge is 0.272 e. The molecule has 0 aliphatic heterocycles. The second kappa shape index (κ2) is 6.55. The summed E-state index contributed by atoms with van der Waals surface area (Å²) in [6, 6.07) is 14.9. The van der Waals surface area contributed by atoms with Crippen molar-refractivity contribution in [1.82, 2.24) is 14.7 Å². The van der Waals surface area contributed by atoms with Gasteiger partial charge in [-0.05, 0) is 36.1 Å². The average molecular weight is 322 g/mol. The van der Waals surface area contributed by atoms with Crippen LogP contribution >= 0.6 is 11.8 Å². The SMILES string of the molecule is CSc1nc(C(=O)NCc2ccc(C#N)cc2)c2ccccn12. The molecule has 0 aliphatic rings. The number of benzene rings is 1. The van der Waals surface area contributed by atoms with Crippen LogP contribution in [0.15, 0.2) is 53.8 Å². The first kappa shape index (κ1) is 15.1. The minimum absolute atomic E-state index is 0.210. The summed E-state index contributed by atoms with van der Waals surface area (Å²) in [5, 5.41) is 12.4. The number of hydrogen-bond acceptors (Lipinski definition) is 4. The van der Waals surface area contributed by atoms with E-state index in [1.807, 2.05) is 47.2 Å². The highest BCUT2D eigenvalue weighted by Gasteiger charge is 2.16. The topological polar surface area (TPSA) is 70.2 Å². The van der Waals surface area contributed by atoms with Crippen LogP contribution in [0.5, 0.6) is 0 Å². The van der Waals surface area contributed by atoms with E-state index in [1.165, 1.54) is 11.8 Å². The van der Waals surface area contributed by atoms with E-state index in [-0.39, 0.29) is 5.91 Å². The zero-order valence-corrected chi connectivity index (χ0v) is 13.3. The molecule has 0 radical (unpaired) electrons. The number of carbonyl (C=O) groups is 1. The standard InChI is InChI=1S/C17H14N4OS/c1-23-17-20-15(14-4-2-3-9-21(14)17)16(22)19-11-13-7-5-12(10-18)6-8-13/h2-9H,11H2,1H3,(H,19,22). The van der Waals surface area contributed by atoms with Crippen LogP contribution in [0.3, 0.4) is 0 Å². The average Bonchev–Trinajstić information content (AvgIpc) is 2.99. The number of carbonyl (C=O) groups excluding carboxylic acids is 1. The summed E-state index contributed by atoms with van der Waals surface area (Å²) in [5.41, 5.74) is 2.74. The van der Waals surface area contributed by atoms with E-state index in [0.717, 1.165) is 16.2 Å². The number of pyridine rings is 1. The fourth-order valence-corrected chi connectivity index (χ4v) is 2.82. The van der Waals surface area contributed by atoms with Gasteiger partial charge in [0.25, 0.3) is 5.91 Å². The first-order valence-electron chi connectivity index (χ1n) is 7.01. The molecule has 0 bridgehead atoms. The lowest BCUT2D eigenvalue weighted by Gasteiger charge is -2.04. The van der Waals surface area contributed by atoms with Crippen LogP contribution in [0.4, 0.5) is 0 Å². The van der Waals surface area contributed by atoms with Gasteiger partial charge in [-0.2, -0.15) is 5.26 Å². The van der Waals surface area contributed by atoms with Crippen molar-refractivity contribution in [1.29, 1.82) is 5.26 Å². The van der Waals surface area contributed by atoms with Crippen molar-refractivity contribution in [2.75, 3.05) is 6.26 Å². The molecule has 23 heavy (non-hydrogen) atoms. The van der Waals surface area contributed by atoms with E-state index < -0.39 is 0 Å². The molecular formula is C17H14N4OS. The van der Waals surface area contributed by atoms with Gasteiger partial charge in [0.2, 0.25) is 0 Å². The summed E-state index contributed by atoms with van der Waals surface area (Å²) < 4.78 is 1.90. The predicted octanol–water partition coefficient (Wildman–Crippen LogP) is 2.86. The monoisotopic (exact) mass is 322 g/mol. The van der Waals surface area contributed by atoms with Gasteiger partial charge in [0, 0.05) is 12.7 Å². The van der Waals surface area contributed by atoms with E-state index in [2.05, 4.69) is 16.4 Å². The molecule has 5 nitrogen and oxygen atoms in total. The lowest BCUT2D eigenvalue weighted by Crippen LogP contribution is -2.23. The van der Waals surface area contributed by atoms with E-state index in [4.69, 9.17) is 5.26 Å². The Bertz CT molecular complexity index is 893. The molecule has 2 heterocycles. The molecule has 2 aromatic heterocycles. The lowest BCUT2D eigenvalue weighted by atomic mass is 10.1. The highest BCUT2D eigenvalue weighted by molar-refractivity contribution is 7.98. The number of imidazole rings is 1. The van der Waals surface area contributed by atoms with Crippen LogP contribution < -0.4 is 5.32 Å². The Morgan fingerprint density at radius 1 is 1.30 bits per heavy atom. The number of amides is 1. The van der Waals surface area contributed by atoms with Crippen LogP contribution in [-0.4, -0.2) is 21.5 Å². The molecule has 1 N–H and O–H groups in total. The zero-order valence-electron chi connectivity index (χ0n) is 12.5. The third-order valence-corrected chi connectivity index (χ3v) is 4.10. The van der Waals surface area contributed by atoms with Gasteiger partial charge in [0.05, 0.1) is 17.1 Å². The van der Waals surface area contributed by atoms with Gasteiger partial charge >= 0.3 is 0 Å². The van der Waals surface area contributed by atoms with Gasteiger partial charge in [0.1, 0.15) is 0 Å². The van der Waals surface area contributed by atoms with Crippen molar-refractivity contribution in [2.24, 2.45) is 0 Å². The van der Waals surface area contributed by atoms with E-state index in [1.54, 1.807) is 12.1 Å². The zero-order chi connectivity index (χ0) is 16.2. The number of nitrogens with one attached hydrogen (secondary N) is 1. The molecule has 114 valence electrons. The van der Waals surface area contributed by atoms with E-state index >= 15 is 0 Å². The molecule has 0 atom stereocenters. The summed E-state index contributed by atoms with van der Waals surface area (Å²) >= 11 is 1.50. The Labute approximate surface area is 138 Å². The van der Waals surface area contributed by atoms with Crippen LogP contribution in [0, 0.1) is 11.3 Å². The normalized spacial score (nSPS) is 10.4. The molecule has 6 heteroatoms. The second-order valence-electron chi connectivity index (χ2n) is 4.89. The highest BCUT2D eigenvalue weighted by Crippen LogP contribution is 2.19. The molecule has 0 fully saturated rings. The fourth-order valence-electron chi connectivity index (χ4n) is 2.28. The Morgan fingerprint density at radius 3 is 2.78 bits per heavy atom. The summed E-state index contributed by atoms with van der Waals surface area (Å²) in [6.07, 6.45) is 3.83. The van der Waals surface area contributed by atoms with Crippen LogP contribution in [0.1, 0.15) is 21.6 Å². The molecule has 0 saturated heterocycles. The van der Waals surface area contributed by atoms with Gasteiger partial charge in [0.15, 0.2) is 10.9 Å². The molecule has 3 aromatic rings. The van der Waals surface area contributed by atoms with E-state index in [9.17, 15) is 4.79 Å². The van der Waals surface area contributed by atoms with Crippen molar-refractivity contribution >= 4 is 23.2 Å². The number of thioether (sulfide) groups is 1. The lowest BCUT2D eigenvalue weighted by molar-refractivity contribution is 0.0947. The van der Waals surface area contributed by atoms with Crippen LogP contribution in [-0.2, 0) is 6.54 Å². The number of hydrogen-bond donors (Lipinski definition) is 1. The molecule has 0 saturated carbocycles. The molecule has 1 amide bonds. The largest absolute Gasteiger partial charge is 0.347 e. The summed E-state index contributed by atoms with van der Waals surface area (Å²) in [7, 11) is 0. The highest BCUT2D eigenvalue weighted by atomic mass is 32.2. The molecular weight excluding hydrogens is 308 g/mol. The van der Waals surface area contributed by atoms with Crippen LogP contribution in [0.2, 0.25) is 0 Å². The minimum Gasteiger partial charge on any atom is -0.347 e. The molecule has 3 rings (SSSR count). The van der Waals surface area contributed by atoms with Gasteiger partial charge in [-0.15, -0.1) is 0 Å². The second-order valence-corrected chi connectivity index (χ2v) is 5.67.